The largest absolute Gasteiger partial charge is 0.480 e. The molecule has 0 fully saturated rings. The molecular weight excluding hydrogens is 360 g/mol. The zero-order valence-electron chi connectivity index (χ0n) is 11.6. The van der Waals surface area contributed by atoms with Gasteiger partial charge in [-0.05, 0) is 33.6 Å². The number of rotatable bonds is 4. The summed E-state index contributed by atoms with van der Waals surface area (Å²) in [6.07, 6.45) is 5.21. The van der Waals surface area contributed by atoms with Gasteiger partial charge in [0.05, 0.1) is 4.47 Å². The van der Waals surface area contributed by atoms with E-state index in [1.165, 1.54) is 0 Å². The van der Waals surface area contributed by atoms with Gasteiger partial charge in [-0.1, -0.05) is 54.1 Å². The Bertz CT molecular complexity index is 740. The Labute approximate surface area is 142 Å². The van der Waals surface area contributed by atoms with E-state index in [1.54, 1.807) is 11.8 Å². The molecule has 1 aliphatic rings. The molecule has 22 heavy (non-hydrogen) atoms. The molecule has 1 atom stereocenters. The van der Waals surface area contributed by atoms with E-state index in [4.69, 9.17) is 11.2 Å². The molecular formula is C17H13BrN2OS. The van der Waals surface area contributed by atoms with Crippen LogP contribution >= 0.6 is 27.7 Å². The summed E-state index contributed by atoms with van der Waals surface area (Å²) < 4.78 is 6.34. The van der Waals surface area contributed by atoms with E-state index in [2.05, 4.69) is 44.5 Å². The molecule has 2 aromatic carbocycles. The van der Waals surface area contributed by atoms with Crippen LogP contribution in [0.15, 0.2) is 58.1 Å². The van der Waals surface area contributed by atoms with E-state index in [1.807, 2.05) is 36.4 Å². The highest BCUT2D eigenvalue weighted by molar-refractivity contribution is 9.10. The Kier molecular flexibility index (Phi) is 4.71. The maximum atomic E-state index is 5.46. The smallest absolute Gasteiger partial charge is 0.148 e. The van der Waals surface area contributed by atoms with Crippen LogP contribution in [0.4, 0.5) is 0 Å². The van der Waals surface area contributed by atoms with Gasteiger partial charge >= 0.3 is 0 Å². The first-order chi connectivity index (χ1) is 10.8. The zero-order valence-corrected chi connectivity index (χ0v) is 14.0. The van der Waals surface area contributed by atoms with Crippen LogP contribution in [0.3, 0.4) is 0 Å². The fraction of sp³-hybridized carbons (Fsp3) is 0.118. The van der Waals surface area contributed by atoms with Gasteiger partial charge in [0, 0.05) is 5.56 Å². The number of nitrogens with one attached hydrogen (secondary N) is 1. The highest BCUT2D eigenvalue weighted by Gasteiger charge is 2.22. The summed E-state index contributed by atoms with van der Waals surface area (Å²) in [7, 11) is 0. The molecule has 0 unspecified atom stereocenters. The van der Waals surface area contributed by atoms with Crippen molar-refractivity contribution in [1.82, 2.24) is 5.43 Å². The third-order valence-corrected chi connectivity index (χ3v) is 4.89. The van der Waals surface area contributed by atoms with Crippen molar-refractivity contribution in [2.24, 2.45) is 5.10 Å². The Hall–Kier alpha value is -1.90. The molecule has 2 aromatic rings. The molecule has 1 aliphatic heterocycles. The molecule has 0 aromatic heterocycles. The van der Waals surface area contributed by atoms with Crippen molar-refractivity contribution in [3.63, 3.8) is 0 Å². The number of ether oxygens (including phenoxy) is 1. The van der Waals surface area contributed by atoms with Crippen molar-refractivity contribution in [3.8, 4) is 18.1 Å². The predicted octanol–water partition coefficient (Wildman–Crippen LogP) is 4.16. The van der Waals surface area contributed by atoms with E-state index >= 15 is 0 Å². The molecule has 0 radical (unpaired) electrons. The minimum absolute atomic E-state index is 0.0909. The Balaban J connectivity index is 1.72. The lowest BCUT2D eigenvalue weighted by Gasteiger charge is -2.12. The molecule has 110 valence electrons. The number of terminal acetylenes is 1. The second-order valence-electron chi connectivity index (χ2n) is 4.59. The molecule has 0 saturated carbocycles. The van der Waals surface area contributed by atoms with Crippen molar-refractivity contribution in [2.75, 3.05) is 6.61 Å². The van der Waals surface area contributed by atoms with Crippen LogP contribution in [0.5, 0.6) is 5.75 Å². The van der Waals surface area contributed by atoms with Gasteiger partial charge < -0.3 is 4.74 Å². The van der Waals surface area contributed by atoms with Crippen LogP contribution in [0.1, 0.15) is 16.5 Å². The minimum Gasteiger partial charge on any atom is -0.480 e. The molecule has 3 rings (SSSR count). The summed E-state index contributed by atoms with van der Waals surface area (Å²) in [6.45, 7) is 0.260. The summed E-state index contributed by atoms with van der Waals surface area (Å²) in [5.74, 6) is 3.20. The molecule has 0 aliphatic carbocycles. The van der Waals surface area contributed by atoms with Crippen LogP contribution in [0.2, 0.25) is 0 Å². The predicted molar refractivity (Wildman–Crippen MR) is 94.9 cm³/mol. The van der Waals surface area contributed by atoms with Crippen LogP contribution in [0.25, 0.3) is 0 Å². The molecule has 0 bridgehead atoms. The molecule has 5 heteroatoms. The monoisotopic (exact) mass is 372 g/mol. The number of halogens is 1. The van der Waals surface area contributed by atoms with Gasteiger partial charge in [0.2, 0.25) is 0 Å². The first-order valence-corrected chi connectivity index (χ1v) is 8.36. The summed E-state index contributed by atoms with van der Waals surface area (Å²) in [5, 5.41) is 5.51. The molecule has 0 amide bonds. The van der Waals surface area contributed by atoms with Gasteiger partial charge in [-0.2, -0.15) is 5.10 Å². The van der Waals surface area contributed by atoms with Crippen molar-refractivity contribution in [2.45, 2.75) is 5.37 Å². The van der Waals surface area contributed by atoms with Crippen LogP contribution < -0.4 is 10.2 Å². The van der Waals surface area contributed by atoms with Crippen molar-refractivity contribution in [1.29, 1.82) is 0 Å². The highest BCUT2D eigenvalue weighted by atomic mass is 79.9. The minimum atomic E-state index is 0.0909. The second kappa shape index (κ2) is 6.91. The summed E-state index contributed by atoms with van der Waals surface area (Å²) in [5.41, 5.74) is 5.41. The Morgan fingerprint density at radius 3 is 2.82 bits per heavy atom. The van der Waals surface area contributed by atoms with E-state index < -0.39 is 0 Å². The molecule has 0 spiro atoms. The Morgan fingerprint density at radius 2 is 2.09 bits per heavy atom. The normalized spacial score (nSPS) is 16.5. The second-order valence-corrected chi connectivity index (χ2v) is 6.54. The van der Waals surface area contributed by atoms with Gasteiger partial charge in [0.15, 0.2) is 0 Å². The van der Waals surface area contributed by atoms with Crippen molar-refractivity contribution < 1.29 is 4.74 Å². The summed E-state index contributed by atoms with van der Waals surface area (Å²) in [6, 6.07) is 16.1. The molecule has 0 saturated heterocycles. The average molecular weight is 373 g/mol. The Morgan fingerprint density at radius 1 is 1.27 bits per heavy atom. The van der Waals surface area contributed by atoms with Crippen LogP contribution in [-0.4, -0.2) is 11.7 Å². The first-order valence-electron chi connectivity index (χ1n) is 6.69. The highest BCUT2D eigenvalue weighted by Crippen LogP contribution is 2.37. The maximum absolute atomic E-state index is 5.46. The fourth-order valence-electron chi connectivity index (χ4n) is 2.05. The summed E-state index contributed by atoms with van der Waals surface area (Å²) >= 11 is 5.21. The first kappa shape index (κ1) is 15.0. The summed E-state index contributed by atoms with van der Waals surface area (Å²) in [4.78, 5) is 0. The molecule has 3 nitrogen and oxygen atoms in total. The molecule has 1 heterocycles. The third-order valence-electron chi connectivity index (χ3n) is 3.10. The number of hydrogen-bond acceptors (Lipinski definition) is 4. The fourth-order valence-corrected chi connectivity index (χ4v) is 3.55. The van der Waals surface area contributed by atoms with Crippen LogP contribution in [0, 0.1) is 12.3 Å². The average Bonchev–Trinajstić information content (AvgIpc) is 3.04. The quantitative estimate of drug-likeness (QED) is 0.818. The number of nitrogens with zero attached hydrogens (tertiary/aromatic N) is 1. The number of thioether (sulfide) groups is 1. The van der Waals surface area contributed by atoms with E-state index in [-0.39, 0.29) is 12.0 Å². The van der Waals surface area contributed by atoms with Gasteiger partial charge in [-0.15, -0.1) is 6.42 Å². The maximum Gasteiger partial charge on any atom is 0.148 e. The zero-order chi connectivity index (χ0) is 15.4. The van der Waals surface area contributed by atoms with E-state index in [0.717, 1.165) is 26.4 Å². The number of benzene rings is 2. The third kappa shape index (κ3) is 3.29. The lowest BCUT2D eigenvalue weighted by molar-refractivity contribution is 0.368. The molecule has 1 N–H and O–H groups in total. The van der Waals surface area contributed by atoms with Gasteiger partial charge in [-0.25, -0.2) is 0 Å². The van der Waals surface area contributed by atoms with Gasteiger partial charge in [0.1, 0.15) is 22.8 Å². The van der Waals surface area contributed by atoms with Crippen molar-refractivity contribution >= 4 is 32.7 Å². The van der Waals surface area contributed by atoms with Gasteiger partial charge in [-0.3, -0.25) is 5.43 Å². The SMILES string of the molecule is C#CCOc1ccc([C@H]2NN=C(c3ccccc3)S2)cc1Br. The number of hydrogen-bond donors (Lipinski definition) is 1. The lowest BCUT2D eigenvalue weighted by Crippen LogP contribution is -2.06. The van der Waals surface area contributed by atoms with Crippen LogP contribution in [-0.2, 0) is 0 Å². The van der Waals surface area contributed by atoms with E-state index in [0.29, 0.717) is 0 Å². The topological polar surface area (TPSA) is 33.6 Å². The lowest BCUT2D eigenvalue weighted by atomic mass is 10.2. The standard InChI is InChI=1S/C17H13BrN2OS/c1-2-10-21-15-9-8-13(11-14(15)18)17-20-19-16(22-17)12-6-4-3-5-7-12/h1,3-9,11,17,20H,10H2/t17-/m0/s1. The van der Waals surface area contributed by atoms with Gasteiger partial charge in [0.25, 0.3) is 0 Å². The van der Waals surface area contributed by atoms with E-state index in [9.17, 15) is 0 Å². The van der Waals surface area contributed by atoms with Crippen molar-refractivity contribution in [3.05, 3.63) is 64.1 Å². The number of hydrazone groups is 1.